The lowest BCUT2D eigenvalue weighted by atomic mass is 9.81. The van der Waals surface area contributed by atoms with Crippen LogP contribution in [0.2, 0.25) is 0 Å². The van der Waals surface area contributed by atoms with E-state index in [1.165, 1.54) is 17.7 Å². The maximum atomic E-state index is 5.74. The number of ether oxygens (including phenoxy) is 1. The van der Waals surface area contributed by atoms with Gasteiger partial charge in [0.1, 0.15) is 0 Å². The van der Waals surface area contributed by atoms with E-state index in [0.717, 1.165) is 38.9 Å². The highest BCUT2D eigenvalue weighted by Gasteiger charge is 2.28. The van der Waals surface area contributed by atoms with Crippen LogP contribution in [-0.2, 0) is 11.2 Å². The summed E-state index contributed by atoms with van der Waals surface area (Å²) in [6.07, 6.45) is 7.41. The van der Waals surface area contributed by atoms with Gasteiger partial charge < -0.3 is 4.74 Å². The van der Waals surface area contributed by atoms with Crippen LogP contribution in [0.3, 0.4) is 0 Å². The number of hydrogen-bond acceptors (Lipinski definition) is 4. The summed E-state index contributed by atoms with van der Waals surface area (Å²) in [5.41, 5.74) is 5.58. The lowest BCUT2D eigenvalue weighted by Crippen LogP contribution is -2.42. The largest absolute Gasteiger partial charge is 0.381 e. The zero-order chi connectivity index (χ0) is 13.5. The summed E-state index contributed by atoms with van der Waals surface area (Å²) in [4.78, 5) is 4.58. The molecule has 1 aromatic heterocycles. The Kier molecular flexibility index (Phi) is 5.76. The number of rotatable bonds is 7. The van der Waals surface area contributed by atoms with E-state index in [4.69, 9.17) is 10.6 Å². The molecular formula is C15H25N3O. The summed E-state index contributed by atoms with van der Waals surface area (Å²) in [6.45, 7) is 3.72. The van der Waals surface area contributed by atoms with Gasteiger partial charge in [0.25, 0.3) is 0 Å². The van der Waals surface area contributed by atoms with Crippen molar-refractivity contribution < 1.29 is 4.74 Å². The molecule has 1 aliphatic carbocycles. The molecule has 106 valence electrons. The first-order chi connectivity index (χ1) is 9.36. The van der Waals surface area contributed by atoms with E-state index in [2.05, 4.69) is 23.4 Å². The highest BCUT2D eigenvalue weighted by atomic mass is 16.5. The second-order valence-electron chi connectivity index (χ2n) is 5.22. The number of fused-ring (bicyclic) bond motifs is 1. The molecule has 0 aromatic carbocycles. The highest BCUT2D eigenvalue weighted by molar-refractivity contribution is 5.27. The Labute approximate surface area is 115 Å². The molecule has 1 aromatic rings. The summed E-state index contributed by atoms with van der Waals surface area (Å²) >= 11 is 0. The zero-order valence-electron chi connectivity index (χ0n) is 11.8. The van der Waals surface area contributed by atoms with E-state index < -0.39 is 0 Å². The Balaban J connectivity index is 1.99. The molecule has 0 aliphatic heterocycles. The quantitative estimate of drug-likeness (QED) is 0.449. The van der Waals surface area contributed by atoms with Crippen LogP contribution in [0.5, 0.6) is 0 Å². The maximum Gasteiger partial charge on any atom is 0.0482 e. The molecule has 4 heteroatoms. The normalized spacial score (nSPS) is 20.0. The van der Waals surface area contributed by atoms with E-state index in [-0.39, 0.29) is 6.04 Å². The van der Waals surface area contributed by atoms with Crippen molar-refractivity contribution in [2.24, 2.45) is 5.84 Å². The fourth-order valence-corrected chi connectivity index (χ4v) is 2.89. The number of hydrogen-bond donors (Lipinski definition) is 2. The molecule has 2 atom stereocenters. The second-order valence-corrected chi connectivity index (χ2v) is 5.22. The summed E-state index contributed by atoms with van der Waals surface area (Å²) in [7, 11) is 0. The third-order valence-corrected chi connectivity index (χ3v) is 3.86. The molecule has 0 radical (unpaired) electrons. The van der Waals surface area contributed by atoms with Crippen LogP contribution in [-0.4, -0.2) is 24.2 Å². The Morgan fingerprint density at radius 1 is 1.53 bits per heavy atom. The first-order valence-corrected chi connectivity index (χ1v) is 7.34. The van der Waals surface area contributed by atoms with Crippen molar-refractivity contribution in [2.75, 3.05) is 13.2 Å². The van der Waals surface area contributed by atoms with Crippen LogP contribution in [0, 0.1) is 0 Å². The van der Waals surface area contributed by atoms with Gasteiger partial charge in [-0.05, 0) is 43.7 Å². The molecule has 4 nitrogen and oxygen atoms in total. The average molecular weight is 263 g/mol. The number of hydrazine groups is 1. The van der Waals surface area contributed by atoms with Crippen LogP contribution >= 0.6 is 0 Å². The Bertz CT molecular complexity index is 383. The van der Waals surface area contributed by atoms with Crippen molar-refractivity contribution in [3.05, 3.63) is 29.6 Å². The van der Waals surface area contributed by atoms with Gasteiger partial charge in [-0.3, -0.25) is 16.3 Å². The molecule has 3 N–H and O–H groups in total. The minimum absolute atomic E-state index is 0.255. The van der Waals surface area contributed by atoms with Gasteiger partial charge in [0.15, 0.2) is 0 Å². The third-order valence-electron chi connectivity index (χ3n) is 3.86. The van der Waals surface area contributed by atoms with E-state index in [1.807, 2.05) is 12.3 Å². The van der Waals surface area contributed by atoms with Gasteiger partial charge in [-0.15, -0.1) is 0 Å². The molecule has 19 heavy (non-hydrogen) atoms. The minimum atomic E-state index is 0.255. The molecule has 2 rings (SSSR count). The molecule has 0 amide bonds. The van der Waals surface area contributed by atoms with Crippen LogP contribution in [0.4, 0.5) is 0 Å². The van der Waals surface area contributed by atoms with Gasteiger partial charge >= 0.3 is 0 Å². The van der Waals surface area contributed by atoms with Crippen LogP contribution in [0.1, 0.15) is 49.8 Å². The molecule has 0 saturated carbocycles. The van der Waals surface area contributed by atoms with E-state index in [0.29, 0.717) is 5.92 Å². The van der Waals surface area contributed by atoms with E-state index >= 15 is 0 Å². The van der Waals surface area contributed by atoms with Gasteiger partial charge in [0, 0.05) is 37.1 Å². The van der Waals surface area contributed by atoms with Gasteiger partial charge in [-0.1, -0.05) is 13.0 Å². The lowest BCUT2D eigenvalue weighted by molar-refractivity contribution is 0.120. The molecular weight excluding hydrogens is 238 g/mol. The molecule has 0 spiro atoms. The smallest absolute Gasteiger partial charge is 0.0482 e. The summed E-state index contributed by atoms with van der Waals surface area (Å²) in [5, 5.41) is 0. The predicted octanol–water partition coefficient (Wildman–Crippen LogP) is 2.15. The highest BCUT2D eigenvalue weighted by Crippen LogP contribution is 2.33. The zero-order valence-corrected chi connectivity index (χ0v) is 11.8. The number of nitrogens with two attached hydrogens (primary N) is 1. The van der Waals surface area contributed by atoms with Crippen LogP contribution in [0.25, 0.3) is 0 Å². The first-order valence-electron chi connectivity index (χ1n) is 7.34. The van der Waals surface area contributed by atoms with E-state index in [1.54, 1.807) is 0 Å². The number of nitrogens with zero attached hydrogens (tertiary/aromatic N) is 1. The van der Waals surface area contributed by atoms with Gasteiger partial charge in [-0.2, -0.15) is 0 Å². The van der Waals surface area contributed by atoms with E-state index in [9.17, 15) is 0 Å². The van der Waals surface area contributed by atoms with Crippen molar-refractivity contribution in [3.63, 3.8) is 0 Å². The topological polar surface area (TPSA) is 60.2 Å². The summed E-state index contributed by atoms with van der Waals surface area (Å²) in [5.74, 6) is 6.16. The Morgan fingerprint density at radius 2 is 2.42 bits per heavy atom. The second kappa shape index (κ2) is 7.58. The summed E-state index contributed by atoms with van der Waals surface area (Å²) in [6, 6.07) is 4.47. The SMILES string of the molecule is CCCOCCC(NN)C1CCCc2cccnc21. The Morgan fingerprint density at radius 3 is 3.21 bits per heavy atom. The van der Waals surface area contributed by atoms with Crippen molar-refractivity contribution >= 4 is 0 Å². The molecule has 1 aliphatic rings. The van der Waals surface area contributed by atoms with Gasteiger partial charge in [-0.25, -0.2) is 0 Å². The molecule has 0 bridgehead atoms. The van der Waals surface area contributed by atoms with Crippen molar-refractivity contribution in [1.82, 2.24) is 10.4 Å². The van der Waals surface area contributed by atoms with Gasteiger partial charge in [0.2, 0.25) is 0 Å². The molecule has 0 saturated heterocycles. The standard InChI is InChI=1S/C15H25N3O/c1-2-10-19-11-8-14(18-16)13-7-3-5-12-6-4-9-17-15(12)13/h4,6,9,13-14,18H,2-3,5,7-8,10-11,16H2,1H3. The average Bonchev–Trinajstić information content (AvgIpc) is 2.47. The Hall–Kier alpha value is -0.970. The van der Waals surface area contributed by atoms with Crippen molar-refractivity contribution in [3.8, 4) is 0 Å². The maximum absolute atomic E-state index is 5.74. The van der Waals surface area contributed by atoms with Gasteiger partial charge in [0.05, 0.1) is 0 Å². The summed E-state index contributed by atoms with van der Waals surface area (Å²) < 4.78 is 5.58. The number of aromatic nitrogens is 1. The number of pyridine rings is 1. The first kappa shape index (κ1) is 14.4. The fourth-order valence-electron chi connectivity index (χ4n) is 2.89. The molecule has 1 heterocycles. The molecule has 2 unspecified atom stereocenters. The number of aryl methyl sites for hydroxylation is 1. The lowest BCUT2D eigenvalue weighted by Gasteiger charge is -2.31. The number of nitrogens with one attached hydrogen (secondary N) is 1. The molecule has 0 fully saturated rings. The minimum Gasteiger partial charge on any atom is -0.381 e. The van der Waals surface area contributed by atoms with Crippen molar-refractivity contribution in [2.45, 2.75) is 51.0 Å². The van der Waals surface area contributed by atoms with Crippen LogP contribution in [0.15, 0.2) is 18.3 Å². The third kappa shape index (κ3) is 3.75. The van der Waals surface area contributed by atoms with Crippen molar-refractivity contribution in [1.29, 1.82) is 0 Å². The predicted molar refractivity (Wildman–Crippen MR) is 76.8 cm³/mol. The van der Waals surface area contributed by atoms with Crippen LogP contribution < -0.4 is 11.3 Å². The fraction of sp³-hybridized carbons (Fsp3) is 0.667. The monoisotopic (exact) mass is 263 g/mol.